The SMILES string of the molecule is COc1ccc(C=NNC(=O)CCn2c3ccccc3c3ccccc32)cc1O. The summed E-state index contributed by atoms with van der Waals surface area (Å²) in [4.78, 5) is 12.3. The number of hydrazone groups is 1. The highest BCUT2D eigenvalue weighted by Crippen LogP contribution is 2.29. The number of nitrogens with zero attached hydrogens (tertiary/aromatic N) is 2. The smallest absolute Gasteiger partial charge is 0.241 e. The van der Waals surface area contributed by atoms with Gasteiger partial charge in [-0.2, -0.15) is 5.10 Å². The maximum Gasteiger partial charge on any atom is 0.241 e. The molecule has 0 fully saturated rings. The average molecular weight is 387 g/mol. The van der Waals surface area contributed by atoms with E-state index in [4.69, 9.17) is 4.74 Å². The number of hydrogen-bond donors (Lipinski definition) is 2. The summed E-state index contributed by atoms with van der Waals surface area (Å²) in [5.74, 6) is 0.229. The van der Waals surface area contributed by atoms with Gasteiger partial charge < -0.3 is 14.4 Å². The number of aromatic hydroxyl groups is 1. The van der Waals surface area contributed by atoms with Gasteiger partial charge in [0.2, 0.25) is 5.91 Å². The standard InChI is InChI=1S/C23H21N3O3/c1-29-22-11-10-16(14-21(22)27)15-24-25-23(28)12-13-26-19-8-4-2-6-17(19)18-7-3-5-9-20(18)26/h2-11,14-15,27H,12-13H2,1H3,(H,25,28). The number of aromatic nitrogens is 1. The second kappa shape index (κ2) is 8.06. The molecule has 0 aliphatic rings. The summed E-state index contributed by atoms with van der Waals surface area (Å²) in [7, 11) is 1.49. The molecule has 0 unspecified atom stereocenters. The van der Waals surface area contributed by atoms with Crippen LogP contribution in [0.2, 0.25) is 0 Å². The van der Waals surface area contributed by atoms with Crippen LogP contribution in [0.4, 0.5) is 0 Å². The fourth-order valence-corrected chi connectivity index (χ4v) is 3.48. The number of rotatable bonds is 6. The Hall–Kier alpha value is -3.80. The molecular weight excluding hydrogens is 366 g/mol. The summed E-state index contributed by atoms with van der Waals surface area (Å²) in [5.41, 5.74) is 5.42. The third kappa shape index (κ3) is 3.78. The molecule has 6 heteroatoms. The Bertz CT molecular complexity index is 1160. The van der Waals surface area contributed by atoms with E-state index < -0.39 is 0 Å². The fourth-order valence-electron chi connectivity index (χ4n) is 3.48. The van der Waals surface area contributed by atoms with Gasteiger partial charge in [-0.25, -0.2) is 5.43 Å². The first kappa shape index (κ1) is 18.6. The summed E-state index contributed by atoms with van der Waals surface area (Å²) in [6.07, 6.45) is 1.78. The molecule has 6 nitrogen and oxygen atoms in total. The van der Waals surface area contributed by atoms with Crippen molar-refractivity contribution in [2.24, 2.45) is 5.10 Å². The van der Waals surface area contributed by atoms with Gasteiger partial charge in [-0.05, 0) is 35.9 Å². The molecule has 0 aliphatic heterocycles. The van der Waals surface area contributed by atoms with Crippen LogP contribution in [0.15, 0.2) is 71.8 Å². The van der Waals surface area contributed by atoms with Crippen molar-refractivity contribution in [1.82, 2.24) is 9.99 Å². The molecule has 1 heterocycles. The van der Waals surface area contributed by atoms with Crippen molar-refractivity contribution in [2.75, 3.05) is 7.11 Å². The van der Waals surface area contributed by atoms with Crippen molar-refractivity contribution in [2.45, 2.75) is 13.0 Å². The first-order valence-electron chi connectivity index (χ1n) is 9.32. The molecule has 0 aliphatic carbocycles. The quantitative estimate of drug-likeness (QED) is 0.387. The minimum atomic E-state index is -0.180. The third-order valence-electron chi connectivity index (χ3n) is 4.85. The molecular formula is C23H21N3O3. The zero-order chi connectivity index (χ0) is 20.2. The second-order valence-electron chi connectivity index (χ2n) is 6.66. The van der Waals surface area contributed by atoms with Crippen LogP contribution in [0.3, 0.4) is 0 Å². The largest absolute Gasteiger partial charge is 0.504 e. The van der Waals surface area contributed by atoms with Crippen molar-refractivity contribution in [3.05, 3.63) is 72.3 Å². The Morgan fingerprint density at radius 1 is 1.07 bits per heavy atom. The van der Waals surface area contributed by atoms with E-state index in [9.17, 15) is 9.90 Å². The van der Waals surface area contributed by atoms with E-state index in [1.807, 2.05) is 24.3 Å². The van der Waals surface area contributed by atoms with Crippen LogP contribution < -0.4 is 10.2 Å². The number of nitrogens with one attached hydrogen (secondary N) is 1. The maximum atomic E-state index is 12.3. The van der Waals surface area contributed by atoms with Crippen LogP contribution in [0.1, 0.15) is 12.0 Å². The van der Waals surface area contributed by atoms with E-state index in [2.05, 4.69) is 39.4 Å². The molecule has 4 aromatic rings. The number of phenolic OH excluding ortho intramolecular Hbond substituents is 1. The van der Waals surface area contributed by atoms with E-state index in [1.165, 1.54) is 30.2 Å². The Balaban J connectivity index is 1.44. The number of carbonyl (C=O) groups excluding carboxylic acids is 1. The van der Waals surface area contributed by atoms with Crippen molar-refractivity contribution in [3.63, 3.8) is 0 Å². The van der Waals surface area contributed by atoms with Crippen LogP contribution in [0.25, 0.3) is 21.8 Å². The molecule has 2 N–H and O–H groups in total. The number of amides is 1. The molecule has 4 rings (SSSR count). The van der Waals surface area contributed by atoms with Crippen molar-refractivity contribution < 1.29 is 14.6 Å². The minimum Gasteiger partial charge on any atom is -0.504 e. The number of methoxy groups -OCH3 is 1. The van der Waals surface area contributed by atoms with Gasteiger partial charge in [0.25, 0.3) is 0 Å². The molecule has 3 aromatic carbocycles. The summed E-state index contributed by atoms with van der Waals surface area (Å²) >= 11 is 0. The minimum absolute atomic E-state index is 0.0224. The van der Waals surface area contributed by atoms with E-state index in [-0.39, 0.29) is 11.7 Å². The number of para-hydroxylation sites is 2. The van der Waals surface area contributed by atoms with Crippen LogP contribution in [0, 0.1) is 0 Å². The van der Waals surface area contributed by atoms with Crippen molar-refractivity contribution in [1.29, 1.82) is 0 Å². The molecule has 0 bridgehead atoms. The van der Waals surface area contributed by atoms with E-state index in [0.29, 0.717) is 24.3 Å². The summed E-state index contributed by atoms with van der Waals surface area (Å²) < 4.78 is 7.17. The second-order valence-corrected chi connectivity index (χ2v) is 6.66. The maximum absolute atomic E-state index is 12.3. The average Bonchev–Trinajstić information content (AvgIpc) is 3.06. The molecule has 0 saturated carbocycles. The Kier molecular flexibility index (Phi) is 5.16. The van der Waals surface area contributed by atoms with Crippen molar-refractivity contribution in [3.8, 4) is 11.5 Å². The number of carbonyl (C=O) groups is 1. The Labute approximate surface area is 168 Å². The molecule has 1 amide bonds. The van der Waals surface area contributed by atoms with Gasteiger partial charge >= 0.3 is 0 Å². The zero-order valence-corrected chi connectivity index (χ0v) is 16.0. The van der Waals surface area contributed by atoms with Crippen LogP contribution in [-0.4, -0.2) is 28.9 Å². The summed E-state index contributed by atoms with van der Waals surface area (Å²) in [5, 5.41) is 16.1. The fraction of sp³-hybridized carbons (Fsp3) is 0.130. The molecule has 1 aromatic heterocycles. The summed E-state index contributed by atoms with van der Waals surface area (Å²) in [6, 6.07) is 21.3. The van der Waals surface area contributed by atoms with Gasteiger partial charge in [-0.1, -0.05) is 36.4 Å². The molecule has 0 radical (unpaired) electrons. The monoisotopic (exact) mass is 387 g/mol. The van der Waals surface area contributed by atoms with E-state index >= 15 is 0 Å². The van der Waals surface area contributed by atoms with Crippen molar-refractivity contribution >= 4 is 33.9 Å². The molecule has 29 heavy (non-hydrogen) atoms. The van der Waals surface area contributed by atoms with Crippen LogP contribution in [-0.2, 0) is 11.3 Å². The number of fused-ring (bicyclic) bond motifs is 3. The van der Waals surface area contributed by atoms with Gasteiger partial charge in [0, 0.05) is 34.8 Å². The molecule has 0 atom stereocenters. The Morgan fingerprint density at radius 2 is 1.72 bits per heavy atom. The highest BCUT2D eigenvalue weighted by molar-refractivity contribution is 6.08. The molecule has 0 spiro atoms. The predicted molar refractivity (Wildman–Crippen MR) is 114 cm³/mol. The van der Waals surface area contributed by atoms with Gasteiger partial charge in [-0.15, -0.1) is 0 Å². The zero-order valence-electron chi connectivity index (χ0n) is 16.0. The molecule has 146 valence electrons. The topological polar surface area (TPSA) is 75.8 Å². The highest BCUT2D eigenvalue weighted by Gasteiger charge is 2.10. The van der Waals surface area contributed by atoms with E-state index in [1.54, 1.807) is 12.1 Å². The first-order valence-corrected chi connectivity index (χ1v) is 9.32. The third-order valence-corrected chi connectivity index (χ3v) is 4.85. The molecule has 0 saturated heterocycles. The lowest BCUT2D eigenvalue weighted by molar-refractivity contribution is -0.121. The number of benzene rings is 3. The number of hydrogen-bond acceptors (Lipinski definition) is 4. The van der Waals surface area contributed by atoms with Gasteiger partial charge in [-0.3, -0.25) is 4.79 Å². The lowest BCUT2D eigenvalue weighted by Crippen LogP contribution is -2.19. The number of phenols is 1. The first-order chi connectivity index (χ1) is 14.2. The van der Waals surface area contributed by atoms with Crippen LogP contribution >= 0.6 is 0 Å². The van der Waals surface area contributed by atoms with E-state index in [0.717, 1.165) is 11.0 Å². The Morgan fingerprint density at radius 3 is 2.34 bits per heavy atom. The normalized spacial score (nSPS) is 11.3. The predicted octanol–water partition coefficient (Wildman–Crippen LogP) is 4.05. The number of ether oxygens (including phenoxy) is 1. The van der Waals surface area contributed by atoms with Gasteiger partial charge in [0.15, 0.2) is 11.5 Å². The van der Waals surface area contributed by atoms with Gasteiger partial charge in [0.1, 0.15) is 0 Å². The summed E-state index contributed by atoms with van der Waals surface area (Å²) in [6.45, 7) is 0.554. The van der Waals surface area contributed by atoms with Gasteiger partial charge in [0.05, 0.1) is 13.3 Å². The lowest BCUT2D eigenvalue weighted by atomic mass is 10.2. The number of aryl methyl sites for hydroxylation is 1. The van der Waals surface area contributed by atoms with Crippen LogP contribution in [0.5, 0.6) is 11.5 Å². The highest BCUT2D eigenvalue weighted by atomic mass is 16.5. The lowest BCUT2D eigenvalue weighted by Gasteiger charge is -2.07.